The summed E-state index contributed by atoms with van der Waals surface area (Å²) in [4.78, 5) is 27.4. The van der Waals surface area contributed by atoms with E-state index in [4.69, 9.17) is 9.57 Å². The second-order valence-electron chi connectivity index (χ2n) is 3.70. The highest BCUT2D eigenvalue weighted by atomic mass is 16.7. The van der Waals surface area contributed by atoms with E-state index in [9.17, 15) is 9.59 Å². The molecule has 1 atom stereocenters. The van der Waals surface area contributed by atoms with Gasteiger partial charge in [-0.05, 0) is 5.56 Å². The van der Waals surface area contributed by atoms with Gasteiger partial charge < -0.3 is 4.74 Å². The quantitative estimate of drug-likeness (QED) is 0.432. The smallest absolute Gasteiger partial charge is 0.331 e. The van der Waals surface area contributed by atoms with E-state index in [-0.39, 0.29) is 6.61 Å². The minimum absolute atomic E-state index is 0.253. The molecule has 17 heavy (non-hydrogen) atoms. The van der Waals surface area contributed by atoms with E-state index in [0.29, 0.717) is 19.4 Å². The van der Waals surface area contributed by atoms with E-state index < -0.39 is 12.0 Å². The summed E-state index contributed by atoms with van der Waals surface area (Å²) in [5.74, 6) is -0.412. The molecule has 1 aliphatic heterocycles. The molecule has 1 amide bonds. The van der Waals surface area contributed by atoms with Crippen molar-refractivity contribution in [2.45, 2.75) is 19.1 Å². The van der Waals surface area contributed by atoms with Gasteiger partial charge in [0.25, 0.3) is 0 Å². The van der Waals surface area contributed by atoms with Crippen LogP contribution in [0.5, 0.6) is 0 Å². The number of esters is 1. The molecule has 5 nitrogen and oxygen atoms in total. The van der Waals surface area contributed by atoms with E-state index in [0.717, 1.165) is 10.6 Å². The first-order valence-electron chi connectivity index (χ1n) is 5.38. The van der Waals surface area contributed by atoms with E-state index in [1.165, 1.54) is 0 Å². The molecule has 1 saturated heterocycles. The summed E-state index contributed by atoms with van der Waals surface area (Å²) in [7, 11) is 0. The van der Waals surface area contributed by atoms with Crippen molar-refractivity contribution < 1.29 is 19.2 Å². The summed E-state index contributed by atoms with van der Waals surface area (Å²) in [6.45, 7) is 0.589. The molecule has 0 aliphatic carbocycles. The van der Waals surface area contributed by atoms with E-state index >= 15 is 0 Å². The van der Waals surface area contributed by atoms with Crippen LogP contribution in [0.3, 0.4) is 0 Å². The van der Waals surface area contributed by atoms with Gasteiger partial charge in [0.15, 0.2) is 6.04 Å². The number of hydrogen-bond donors (Lipinski definition) is 0. The fraction of sp³-hybridized carbons (Fsp3) is 0.333. The highest BCUT2D eigenvalue weighted by molar-refractivity contribution is 5.79. The number of nitrogens with zero attached hydrogens (tertiary/aromatic N) is 1. The van der Waals surface area contributed by atoms with Gasteiger partial charge in [0, 0.05) is 6.42 Å². The maximum absolute atomic E-state index is 11.3. The number of hydroxylamine groups is 2. The summed E-state index contributed by atoms with van der Waals surface area (Å²) < 4.78 is 4.78. The molecule has 2 rings (SSSR count). The number of cyclic esters (lactones) is 1. The lowest BCUT2D eigenvalue weighted by Crippen LogP contribution is -2.37. The number of hydrogen-bond acceptors (Lipinski definition) is 4. The van der Waals surface area contributed by atoms with Crippen LogP contribution in [0.15, 0.2) is 30.3 Å². The lowest BCUT2D eigenvalue weighted by molar-refractivity contribution is -0.195. The van der Waals surface area contributed by atoms with Crippen molar-refractivity contribution in [2.24, 2.45) is 0 Å². The van der Waals surface area contributed by atoms with Crippen molar-refractivity contribution in [3.8, 4) is 0 Å². The average molecular weight is 235 g/mol. The van der Waals surface area contributed by atoms with Crippen LogP contribution in [0.1, 0.15) is 12.0 Å². The van der Waals surface area contributed by atoms with Crippen LogP contribution in [0, 0.1) is 0 Å². The van der Waals surface area contributed by atoms with Crippen LogP contribution in [0.4, 0.5) is 0 Å². The Kier molecular flexibility index (Phi) is 3.72. The zero-order chi connectivity index (χ0) is 12.1. The first-order chi connectivity index (χ1) is 8.31. The molecule has 90 valence electrons. The van der Waals surface area contributed by atoms with Gasteiger partial charge in [-0.3, -0.25) is 9.63 Å². The molecule has 0 N–H and O–H groups in total. The third-order valence-electron chi connectivity index (χ3n) is 2.54. The number of benzene rings is 1. The van der Waals surface area contributed by atoms with Gasteiger partial charge in [-0.1, -0.05) is 30.3 Å². The molecule has 1 fully saturated rings. The zero-order valence-corrected chi connectivity index (χ0v) is 9.24. The van der Waals surface area contributed by atoms with E-state index in [1.54, 1.807) is 0 Å². The molecule has 0 aromatic heterocycles. The van der Waals surface area contributed by atoms with E-state index in [1.807, 2.05) is 30.3 Å². The van der Waals surface area contributed by atoms with E-state index in [2.05, 4.69) is 0 Å². The molecule has 0 bridgehead atoms. The molecule has 0 saturated carbocycles. The second kappa shape index (κ2) is 5.45. The lowest BCUT2D eigenvalue weighted by atomic mass is 10.2. The molecule has 0 spiro atoms. The van der Waals surface area contributed by atoms with Crippen LogP contribution in [-0.4, -0.2) is 30.1 Å². The van der Waals surface area contributed by atoms with Gasteiger partial charge in [-0.2, -0.15) is 0 Å². The SMILES string of the molecule is O=CN(OCc1ccccc1)[C@H]1CCOC1=O. The third-order valence-corrected chi connectivity index (χ3v) is 2.54. The van der Waals surface area contributed by atoms with Crippen molar-refractivity contribution in [1.82, 2.24) is 5.06 Å². The highest BCUT2D eigenvalue weighted by Crippen LogP contribution is 2.14. The van der Waals surface area contributed by atoms with Gasteiger partial charge >= 0.3 is 5.97 Å². The first kappa shape index (κ1) is 11.6. The number of rotatable bonds is 5. The Hall–Kier alpha value is -1.88. The Balaban J connectivity index is 1.92. The Bertz CT molecular complexity index is 393. The molecule has 0 radical (unpaired) electrons. The van der Waals surface area contributed by atoms with Crippen molar-refractivity contribution in [3.05, 3.63) is 35.9 Å². The average Bonchev–Trinajstić information content (AvgIpc) is 2.78. The predicted molar refractivity (Wildman–Crippen MR) is 58.5 cm³/mol. The van der Waals surface area contributed by atoms with Gasteiger partial charge in [0.05, 0.1) is 6.61 Å². The standard InChI is InChI=1S/C12H13NO4/c14-9-13(11-6-7-16-12(11)15)17-8-10-4-2-1-3-5-10/h1-5,9,11H,6-8H2/t11-/m0/s1. The van der Waals surface area contributed by atoms with Gasteiger partial charge in [0.1, 0.15) is 6.61 Å². The summed E-state index contributed by atoms with van der Waals surface area (Å²) in [5.41, 5.74) is 0.936. The minimum atomic E-state index is -0.615. The van der Waals surface area contributed by atoms with Crippen molar-refractivity contribution in [1.29, 1.82) is 0 Å². The van der Waals surface area contributed by atoms with Gasteiger partial charge in [0.2, 0.25) is 6.41 Å². The van der Waals surface area contributed by atoms with Crippen molar-refractivity contribution in [2.75, 3.05) is 6.61 Å². The third kappa shape index (κ3) is 2.82. The summed E-state index contributed by atoms with van der Waals surface area (Å²) in [6, 6.07) is 8.82. The second-order valence-corrected chi connectivity index (χ2v) is 3.70. The zero-order valence-electron chi connectivity index (χ0n) is 9.24. The Labute approximate surface area is 98.9 Å². The molecular weight excluding hydrogens is 222 g/mol. The number of ether oxygens (including phenoxy) is 1. The maximum Gasteiger partial charge on any atom is 0.331 e. The van der Waals surface area contributed by atoms with Crippen LogP contribution in [-0.2, 0) is 25.8 Å². The van der Waals surface area contributed by atoms with Crippen LogP contribution in [0.2, 0.25) is 0 Å². The van der Waals surface area contributed by atoms with Crippen LogP contribution < -0.4 is 0 Å². The molecule has 1 aliphatic rings. The van der Waals surface area contributed by atoms with Crippen LogP contribution in [0.25, 0.3) is 0 Å². The monoisotopic (exact) mass is 235 g/mol. The topological polar surface area (TPSA) is 55.8 Å². The van der Waals surface area contributed by atoms with Crippen molar-refractivity contribution >= 4 is 12.4 Å². The molecule has 1 heterocycles. The summed E-state index contributed by atoms with van der Waals surface area (Å²) >= 11 is 0. The molecule has 1 aromatic carbocycles. The highest BCUT2D eigenvalue weighted by Gasteiger charge is 2.32. The predicted octanol–water partition coefficient (Wildman–Crippen LogP) is 0.892. The first-order valence-corrected chi connectivity index (χ1v) is 5.38. The maximum atomic E-state index is 11.3. The molecule has 1 aromatic rings. The lowest BCUT2D eigenvalue weighted by Gasteiger charge is -2.20. The largest absolute Gasteiger partial charge is 0.464 e. The molecule has 0 unspecified atom stereocenters. The summed E-state index contributed by atoms with van der Waals surface area (Å²) in [5, 5.41) is 1.03. The number of carbonyl (C=O) groups is 2. The summed E-state index contributed by atoms with van der Waals surface area (Å²) in [6.07, 6.45) is 0.993. The fourth-order valence-corrected chi connectivity index (χ4v) is 1.63. The van der Waals surface area contributed by atoms with Gasteiger partial charge in [-0.25, -0.2) is 9.86 Å². The number of amides is 1. The Morgan fingerprint density at radius 2 is 2.18 bits per heavy atom. The van der Waals surface area contributed by atoms with Crippen LogP contribution >= 0.6 is 0 Å². The van der Waals surface area contributed by atoms with Gasteiger partial charge in [-0.15, -0.1) is 0 Å². The molecular formula is C12H13NO4. The Morgan fingerprint density at radius 3 is 2.76 bits per heavy atom. The van der Waals surface area contributed by atoms with Crippen molar-refractivity contribution in [3.63, 3.8) is 0 Å². The Morgan fingerprint density at radius 1 is 1.41 bits per heavy atom. The molecule has 5 heteroatoms. The minimum Gasteiger partial charge on any atom is -0.464 e. The normalized spacial score (nSPS) is 18.8. The number of carbonyl (C=O) groups excluding carboxylic acids is 2. The fourth-order valence-electron chi connectivity index (χ4n) is 1.63.